The van der Waals surface area contributed by atoms with Crippen molar-refractivity contribution in [1.82, 2.24) is 0 Å². The monoisotopic (exact) mass is 364 g/mol. The Balaban J connectivity index is 2.31. The van der Waals surface area contributed by atoms with E-state index in [0.29, 0.717) is 37.4 Å². The number of halogens is 2. The fraction of sp³-hybridized carbons (Fsp3) is 0.0625. The predicted molar refractivity (Wildman–Crippen MR) is 87.0 cm³/mol. The molecule has 0 saturated carbocycles. The van der Waals surface area contributed by atoms with Crippen LogP contribution >= 0.6 is 27.5 Å². The van der Waals surface area contributed by atoms with E-state index < -0.39 is 0 Å². The van der Waals surface area contributed by atoms with Gasteiger partial charge in [0.25, 0.3) is 0 Å². The van der Waals surface area contributed by atoms with E-state index in [0.717, 1.165) is 0 Å². The van der Waals surface area contributed by atoms with E-state index in [1.807, 2.05) is 0 Å². The van der Waals surface area contributed by atoms with Crippen LogP contribution in [0.1, 0.15) is 5.56 Å². The van der Waals surface area contributed by atoms with Crippen LogP contribution in [0.3, 0.4) is 0 Å². The second-order valence-electron chi connectivity index (χ2n) is 4.71. The quantitative estimate of drug-likeness (QED) is 0.668. The second-order valence-corrected chi connectivity index (χ2v) is 5.95. The molecular weight excluding hydrogens is 356 g/mol. The van der Waals surface area contributed by atoms with Gasteiger partial charge in [0.1, 0.15) is 11.5 Å². The third-order valence-electron chi connectivity index (χ3n) is 3.27. The van der Waals surface area contributed by atoms with Gasteiger partial charge < -0.3 is 9.52 Å². The lowest BCUT2D eigenvalue weighted by atomic mass is 10.1. The zero-order valence-corrected chi connectivity index (χ0v) is 13.3. The number of aryl methyl sites for hydroxylation is 1. The molecule has 0 bridgehead atoms. The summed E-state index contributed by atoms with van der Waals surface area (Å²) in [6.07, 6.45) is 0. The molecule has 3 aromatic rings. The molecule has 1 heterocycles. The predicted octanol–water partition coefficient (Wildman–Crippen LogP) is 4.89. The zero-order chi connectivity index (χ0) is 15.1. The average molecular weight is 366 g/mol. The highest BCUT2D eigenvalue weighted by Crippen LogP contribution is 2.33. The maximum absolute atomic E-state index is 12.2. The maximum Gasteiger partial charge on any atom is 0.193 e. The summed E-state index contributed by atoms with van der Waals surface area (Å²) >= 11 is 9.51. The smallest absolute Gasteiger partial charge is 0.193 e. The van der Waals surface area contributed by atoms with Gasteiger partial charge in [0.05, 0.1) is 10.4 Å². The van der Waals surface area contributed by atoms with Crippen LogP contribution in [-0.4, -0.2) is 5.11 Å². The molecule has 1 aromatic heterocycles. The first kappa shape index (κ1) is 14.2. The van der Waals surface area contributed by atoms with E-state index in [2.05, 4.69) is 15.9 Å². The number of hydrogen-bond donors (Lipinski definition) is 1. The molecule has 2 aromatic carbocycles. The molecule has 0 saturated heterocycles. The van der Waals surface area contributed by atoms with Crippen LogP contribution < -0.4 is 5.43 Å². The van der Waals surface area contributed by atoms with E-state index in [4.69, 9.17) is 16.0 Å². The highest BCUT2D eigenvalue weighted by Gasteiger charge is 2.12. The molecule has 0 atom stereocenters. The van der Waals surface area contributed by atoms with Gasteiger partial charge in [-0.15, -0.1) is 0 Å². The number of fused-ring (bicyclic) bond motifs is 1. The van der Waals surface area contributed by atoms with Crippen molar-refractivity contribution in [3.05, 3.63) is 61.7 Å². The van der Waals surface area contributed by atoms with Crippen molar-refractivity contribution in [3.8, 4) is 17.1 Å². The Morgan fingerprint density at radius 3 is 2.67 bits per heavy atom. The molecular formula is C16H10BrClO3. The van der Waals surface area contributed by atoms with Crippen LogP contribution in [0.5, 0.6) is 5.75 Å². The van der Waals surface area contributed by atoms with Crippen molar-refractivity contribution in [1.29, 1.82) is 0 Å². The standard InChI is InChI=1S/C16H10BrClO3/c1-8-6-9(2-5-12(8)19)14-7-13(20)10-3-4-11(17)15(18)16(10)21-14/h2-7,19H,1H3. The Hall–Kier alpha value is -1.78. The Morgan fingerprint density at radius 2 is 1.95 bits per heavy atom. The van der Waals surface area contributed by atoms with Crippen molar-refractivity contribution >= 4 is 38.5 Å². The van der Waals surface area contributed by atoms with Gasteiger partial charge in [-0.05, 0) is 58.7 Å². The molecule has 3 rings (SSSR count). The summed E-state index contributed by atoms with van der Waals surface area (Å²) in [4.78, 5) is 12.2. The molecule has 5 heteroatoms. The lowest BCUT2D eigenvalue weighted by Crippen LogP contribution is -2.00. The summed E-state index contributed by atoms with van der Waals surface area (Å²) in [6, 6.07) is 9.83. The van der Waals surface area contributed by atoms with E-state index in [-0.39, 0.29) is 11.2 Å². The van der Waals surface area contributed by atoms with Crippen molar-refractivity contribution < 1.29 is 9.52 Å². The minimum absolute atomic E-state index is 0.161. The average Bonchev–Trinajstić information content (AvgIpc) is 2.46. The van der Waals surface area contributed by atoms with Gasteiger partial charge in [0, 0.05) is 16.1 Å². The van der Waals surface area contributed by atoms with Crippen LogP contribution in [0.15, 0.2) is 50.1 Å². The van der Waals surface area contributed by atoms with Gasteiger partial charge in [-0.3, -0.25) is 4.79 Å². The van der Waals surface area contributed by atoms with Gasteiger partial charge in [0.15, 0.2) is 11.0 Å². The van der Waals surface area contributed by atoms with Crippen molar-refractivity contribution in [2.45, 2.75) is 6.92 Å². The van der Waals surface area contributed by atoms with E-state index in [9.17, 15) is 9.90 Å². The first-order valence-corrected chi connectivity index (χ1v) is 7.36. The van der Waals surface area contributed by atoms with E-state index in [1.54, 1.807) is 37.3 Å². The van der Waals surface area contributed by atoms with Gasteiger partial charge in [-0.25, -0.2) is 0 Å². The van der Waals surface area contributed by atoms with Crippen LogP contribution in [0, 0.1) is 6.92 Å². The molecule has 3 nitrogen and oxygen atoms in total. The molecule has 21 heavy (non-hydrogen) atoms. The minimum atomic E-state index is -0.161. The summed E-state index contributed by atoms with van der Waals surface area (Å²) in [5.74, 6) is 0.610. The van der Waals surface area contributed by atoms with Crippen LogP contribution in [0.4, 0.5) is 0 Å². The highest BCUT2D eigenvalue weighted by atomic mass is 79.9. The molecule has 0 aliphatic rings. The van der Waals surface area contributed by atoms with E-state index in [1.165, 1.54) is 6.07 Å². The first-order valence-electron chi connectivity index (χ1n) is 6.19. The summed E-state index contributed by atoms with van der Waals surface area (Å²) in [5, 5.41) is 10.4. The molecule has 0 fully saturated rings. The number of rotatable bonds is 1. The van der Waals surface area contributed by atoms with Crippen LogP contribution in [0.25, 0.3) is 22.3 Å². The maximum atomic E-state index is 12.2. The summed E-state index contributed by atoms with van der Waals surface area (Å²) < 4.78 is 6.46. The van der Waals surface area contributed by atoms with Crippen LogP contribution in [0.2, 0.25) is 5.02 Å². The fourth-order valence-electron chi connectivity index (χ4n) is 2.11. The largest absolute Gasteiger partial charge is 0.508 e. The molecule has 106 valence electrons. The second kappa shape index (κ2) is 5.20. The number of phenolic OH excluding ortho intramolecular Hbond substituents is 1. The van der Waals surface area contributed by atoms with Crippen molar-refractivity contribution in [3.63, 3.8) is 0 Å². The van der Waals surface area contributed by atoms with Crippen molar-refractivity contribution in [2.24, 2.45) is 0 Å². The van der Waals surface area contributed by atoms with Crippen LogP contribution in [-0.2, 0) is 0 Å². The van der Waals surface area contributed by atoms with Gasteiger partial charge in [0.2, 0.25) is 0 Å². The summed E-state index contributed by atoms with van der Waals surface area (Å²) in [7, 11) is 0. The third-order valence-corrected chi connectivity index (χ3v) is 4.54. The topological polar surface area (TPSA) is 50.4 Å². The Morgan fingerprint density at radius 1 is 1.19 bits per heavy atom. The normalized spacial score (nSPS) is 11.0. The Kier molecular flexibility index (Phi) is 3.51. The molecule has 0 spiro atoms. The number of phenols is 1. The number of hydrogen-bond acceptors (Lipinski definition) is 3. The Labute approximate surface area is 133 Å². The molecule has 0 radical (unpaired) electrons. The minimum Gasteiger partial charge on any atom is -0.508 e. The summed E-state index contributed by atoms with van der Waals surface area (Å²) in [5.41, 5.74) is 1.60. The lowest BCUT2D eigenvalue weighted by Gasteiger charge is -2.07. The van der Waals surface area contributed by atoms with Gasteiger partial charge in [-0.1, -0.05) is 11.6 Å². The Bertz CT molecular complexity index is 915. The lowest BCUT2D eigenvalue weighted by molar-refractivity contribution is 0.471. The highest BCUT2D eigenvalue weighted by molar-refractivity contribution is 9.10. The SMILES string of the molecule is Cc1cc(-c2cc(=O)c3ccc(Br)c(Cl)c3o2)ccc1O. The number of aromatic hydroxyl groups is 1. The molecule has 0 aliphatic carbocycles. The van der Waals surface area contributed by atoms with Gasteiger partial charge in [-0.2, -0.15) is 0 Å². The molecule has 1 N–H and O–H groups in total. The molecule has 0 aliphatic heterocycles. The zero-order valence-electron chi connectivity index (χ0n) is 11.0. The first-order chi connectivity index (χ1) is 9.97. The molecule has 0 unspecified atom stereocenters. The third kappa shape index (κ3) is 2.45. The van der Waals surface area contributed by atoms with Gasteiger partial charge >= 0.3 is 0 Å². The van der Waals surface area contributed by atoms with E-state index >= 15 is 0 Å². The fourth-order valence-corrected chi connectivity index (χ4v) is 2.63. The van der Waals surface area contributed by atoms with Crippen molar-refractivity contribution in [2.75, 3.05) is 0 Å². The summed E-state index contributed by atoms with van der Waals surface area (Å²) in [6.45, 7) is 1.78. The molecule has 0 amide bonds. The number of benzene rings is 2.